The van der Waals surface area contributed by atoms with E-state index in [1.807, 2.05) is 0 Å². The van der Waals surface area contributed by atoms with Crippen molar-refractivity contribution < 1.29 is 4.74 Å². The molecule has 1 aliphatic rings. The van der Waals surface area contributed by atoms with Gasteiger partial charge in [0, 0.05) is 12.6 Å². The van der Waals surface area contributed by atoms with Gasteiger partial charge in [-0.1, -0.05) is 26.8 Å². The fraction of sp³-hybridized carbons (Fsp3) is 0.667. The smallest absolute Gasteiger partial charge is 0.119 e. The maximum absolute atomic E-state index is 5.94. The topological polar surface area (TPSA) is 38.5 Å². The second kappa shape index (κ2) is 6.80. The quantitative estimate of drug-likeness (QED) is 0.836. The molecule has 0 bridgehead atoms. The Morgan fingerprint density at radius 2 is 2.14 bits per heavy atom. The minimum absolute atomic E-state index is 0.163. The molecule has 118 valence electrons. The van der Waals surface area contributed by atoms with Crippen molar-refractivity contribution in [3.63, 3.8) is 0 Å². The molecule has 1 unspecified atom stereocenters. The van der Waals surface area contributed by atoms with Crippen molar-refractivity contribution in [1.82, 2.24) is 4.90 Å². The van der Waals surface area contributed by atoms with Crippen LogP contribution in [0.3, 0.4) is 0 Å². The van der Waals surface area contributed by atoms with E-state index in [9.17, 15) is 0 Å². The monoisotopic (exact) mass is 290 g/mol. The first kappa shape index (κ1) is 16.3. The van der Waals surface area contributed by atoms with Gasteiger partial charge in [-0.3, -0.25) is 4.90 Å². The van der Waals surface area contributed by atoms with Crippen molar-refractivity contribution in [1.29, 1.82) is 0 Å². The van der Waals surface area contributed by atoms with E-state index in [1.54, 1.807) is 7.11 Å². The van der Waals surface area contributed by atoms with Gasteiger partial charge >= 0.3 is 0 Å². The van der Waals surface area contributed by atoms with Gasteiger partial charge in [0.15, 0.2) is 0 Å². The second-order valence-electron chi connectivity index (χ2n) is 6.96. The zero-order valence-corrected chi connectivity index (χ0v) is 14.0. The van der Waals surface area contributed by atoms with E-state index in [-0.39, 0.29) is 5.41 Å². The highest BCUT2D eigenvalue weighted by atomic mass is 16.5. The summed E-state index contributed by atoms with van der Waals surface area (Å²) in [6.45, 7) is 9.69. The molecule has 0 spiro atoms. The van der Waals surface area contributed by atoms with Crippen LogP contribution in [0.2, 0.25) is 0 Å². The summed E-state index contributed by atoms with van der Waals surface area (Å²) in [5.74, 6) is 0.968. The number of hydrogen-bond donors (Lipinski definition) is 1. The summed E-state index contributed by atoms with van der Waals surface area (Å²) in [6, 6.07) is 7.05. The summed E-state index contributed by atoms with van der Waals surface area (Å²) in [5.41, 5.74) is 9.04. The Morgan fingerprint density at radius 1 is 1.38 bits per heavy atom. The molecule has 0 fully saturated rings. The molecular formula is C18H30N2O. The molecule has 0 amide bonds. The van der Waals surface area contributed by atoms with Crippen LogP contribution in [0.4, 0.5) is 0 Å². The van der Waals surface area contributed by atoms with E-state index in [0.29, 0.717) is 6.04 Å². The Hall–Kier alpha value is -1.06. The van der Waals surface area contributed by atoms with Crippen molar-refractivity contribution in [2.45, 2.75) is 46.1 Å². The van der Waals surface area contributed by atoms with Crippen LogP contribution in [-0.2, 0) is 6.42 Å². The molecule has 0 aliphatic heterocycles. The molecule has 0 aromatic heterocycles. The molecule has 2 rings (SSSR count). The fourth-order valence-electron chi connectivity index (χ4n) is 3.31. The lowest BCUT2D eigenvalue weighted by Gasteiger charge is -2.36. The number of nitrogens with zero attached hydrogens (tertiary/aromatic N) is 1. The Morgan fingerprint density at radius 3 is 2.76 bits per heavy atom. The lowest BCUT2D eigenvalue weighted by atomic mass is 9.91. The van der Waals surface area contributed by atoms with Crippen LogP contribution in [0.15, 0.2) is 18.2 Å². The van der Waals surface area contributed by atoms with E-state index >= 15 is 0 Å². The number of rotatable bonds is 7. The third-order valence-corrected chi connectivity index (χ3v) is 4.53. The summed E-state index contributed by atoms with van der Waals surface area (Å²) in [4.78, 5) is 2.62. The maximum atomic E-state index is 5.94. The fourth-order valence-corrected chi connectivity index (χ4v) is 3.31. The number of aryl methyl sites for hydroxylation is 1. The van der Waals surface area contributed by atoms with Crippen LogP contribution >= 0.6 is 0 Å². The lowest BCUT2D eigenvalue weighted by molar-refractivity contribution is 0.131. The molecule has 0 radical (unpaired) electrons. The highest BCUT2D eigenvalue weighted by molar-refractivity contribution is 5.40. The Labute approximate surface area is 129 Å². The van der Waals surface area contributed by atoms with Gasteiger partial charge in [0.2, 0.25) is 0 Å². The number of hydrogen-bond acceptors (Lipinski definition) is 3. The summed E-state index contributed by atoms with van der Waals surface area (Å²) in [6.07, 6.45) is 3.56. The summed E-state index contributed by atoms with van der Waals surface area (Å²) >= 11 is 0. The molecular weight excluding hydrogens is 260 g/mol. The van der Waals surface area contributed by atoms with Crippen LogP contribution in [0.25, 0.3) is 0 Å². The van der Waals surface area contributed by atoms with E-state index in [0.717, 1.165) is 25.4 Å². The van der Waals surface area contributed by atoms with E-state index < -0.39 is 0 Å². The van der Waals surface area contributed by atoms with Crippen LogP contribution in [0.5, 0.6) is 5.75 Å². The van der Waals surface area contributed by atoms with Crippen molar-refractivity contribution >= 4 is 0 Å². The third kappa shape index (κ3) is 3.78. The SMILES string of the molecule is CCCN(CC(C)(C)CN)C1CCc2ccc(OC)cc21. The lowest BCUT2D eigenvalue weighted by Crippen LogP contribution is -2.40. The number of ether oxygens (including phenoxy) is 1. The molecule has 1 aromatic rings. The Kier molecular flexibility index (Phi) is 5.28. The minimum atomic E-state index is 0.163. The van der Waals surface area contributed by atoms with Crippen molar-refractivity contribution in [3.8, 4) is 5.75 Å². The second-order valence-corrected chi connectivity index (χ2v) is 6.96. The zero-order valence-electron chi connectivity index (χ0n) is 14.0. The number of nitrogens with two attached hydrogens (primary N) is 1. The van der Waals surface area contributed by atoms with E-state index in [1.165, 1.54) is 30.4 Å². The van der Waals surface area contributed by atoms with Gasteiger partial charge in [-0.25, -0.2) is 0 Å². The van der Waals surface area contributed by atoms with Gasteiger partial charge in [-0.2, -0.15) is 0 Å². The Balaban J connectivity index is 2.23. The van der Waals surface area contributed by atoms with Crippen LogP contribution in [0, 0.1) is 5.41 Å². The first-order chi connectivity index (χ1) is 10.0. The van der Waals surface area contributed by atoms with Crippen LogP contribution < -0.4 is 10.5 Å². The molecule has 2 N–H and O–H groups in total. The van der Waals surface area contributed by atoms with Gasteiger partial charge in [-0.15, -0.1) is 0 Å². The van der Waals surface area contributed by atoms with E-state index in [4.69, 9.17) is 10.5 Å². The van der Waals surface area contributed by atoms with E-state index in [2.05, 4.69) is 43.9 Å². The maximum Gasteiger partial charge on any atom is 0.119 e. The molecule has 1 atom stereocenters. The molecule has 3 heteroatoms. The van der Waals surface area contributed by atoms with Crippen LogP contribution in [-0.4, -0.2) is 31.6 Å². The van der Waals surface area contributed by atoms with Crippen molar-refractivity contribution in [2.75, 3.05) is 26.7 Å². The molecule has 3 nitrogen and oxygen atoms in total. The van der Waals surface area contributed by atoms with Gasteiger partial charge in [0.05, 0.1) is 7.11 Å². The summed E-state index contributed by atoms with van der Waals surface area (Å²) in [7, 11) is 1.74. The normalized spacial score (nSPS) is 18.1. The van der Waals surface area contributed by atoms with Gasteiger partial charge < -0.3 is 10.5 Å². The van der Waals surface area contributed by atoms with Crippen molar-refractivity contribution in [3.05, 3.63) is 29.3 Å². The van der Waals surface area contributed by atoms with Crippen LogP contribution in [0.1, 0.15) is 50.8 Å². The molecule has 0 heterocycles. The summed E-state index contributed by atoms with van der Waals surface area (Å²) in [5, 5.41) is 0. The number of benzene rings is 1. The standard InChI is InChI=1S/C18H30N2O/c1-5-10-20(13-18(2,3)12-19)17-9-7-14-6-8-15(21-4)11-16(14)17/h6,8,11,17H,5,7,9-10,12-13,19H2,1-4H3. The highest BCUT2D eigenvalue weighted by Gasteiger charge is 2.31. The average molecular weight is 290 g/mol. The molecule has 1 aromatic carbocycles. The predicted molar refractivity (Wildman–Crippen MR) is 88.8 cm³/mol. The average Bonchev–Trinajstić information content (AvgIpc) is 2.89. The number of methoxy groups -OCH3 is 1. The van der Waals surface area contributed by atoms with Gasteiger partial charge in [-0.05, 0) is 61.0 Å². The van der Waals surface area contributed by atoms with Gasteiger partial charge in [0.25, 0.3) is 0 Å². The van der Waals surface area contributed by atoms with Gasteiger partial charge in [0.1, 0.15) is 5.75 Å². The highest BCUT2D eigenvalue weighted by Crippen LogP contribution is 2.39. The first-order valence-corrected chi connectivity index (χ1v) is 8.11. The zero-order chi connectivity index (χ0) is 15.5. The predicted octanol–water partition coefficient (Wildman–Crippen LogP) is 3.38. The molecule has 1 aliphatic carbocycles. The Bertz CT molecular complexity index is 470. The first-order valence-electron chi connectivity index (χ1n) is 8.11. The minimum Gasteiger partial charge on any atom is -0.497 e. The number of fused-ring (bicyclic) bond motifs is 1. The largest absolute Gasteiger partial charge is 0.497 e. The molecule has 0 saturated heterocycles. The molecule has 21 heavy (non-hydrogen) atoms. The molecule has 0 saturated carbocycles. The van der Waals surface area contributed by atoms with Crippen molar-refractivity contribution in [2.24, 2.45) is 11.1 Å². The summed E-state index contributed by atoms with van der Waals surface area (Å²) < 4.78 is 5.41. The third-order valence-electron chi connectivity index (χ3n) is 4.53.